The summed E-state index contributed by atoms with van der Waals surface area (Å²) in [7, 11) is 3.12. The number of aromatic nitrogens is 1. The molecular weight excluding hydrogens is 252 g/mol. The zero-order valence-electron chi connectivity index (χ0n) is 10.7. The number of hydrogen-bond acceptors (Lipinski definition) is 4. The molecule has 1 rings (SSSR count). The molecule has 0 radical (unpaired) electrons. The molecule has 104 valence electrons. The summed E-state index contributed by atoms with van der Waals surface area (Å²) in [5, 5.41) is 16.0. The molecule has 4 N–H and O–H groups in total. The normalized spacial score (nSPS) is 11.2. The van der Waals surface area contributed by atoms with Gasteiger partial charge in [-0.15, -0.1) is 0 Å². The number of nitrogens with two attached hydrogens (primary N) is 1. The lowest BCUT2D eigenvalue weighted by Crippen LogP contribution is -2.38. The number of rotatable bonds is 5. The molecule has 0 bridgehead atoms. The highest BCUT2D eigenvalue weighted by molar-refractivity contribution is 5.93. The number of aryl methyl sites for hydroxylation is 1. The van der Waals surface area contributed by atoms with Crippen molar-refractivity contribution >= 4 is 17.6 Å². The van der Waals surface area contributed by atoms with E-state index in [0.717, 1.165) is 0 Å². The first-order valence-corrected chi connectivity index (χ1v) is 5.50. The van der Waals surface area contributed by atoms with Crippen LogP contribution in [0.15, 0.2) is 17.3 Å². The summed E-state index contributed by atoms with van der Waals surface area (Å²) in [6.45, 7) is 0.745. The van der Waals surface area contributed by atoms with E-state index in [4.69, 9.17) is 5.73 Å². The lowest BCUT2D eigenvalue weighted by molar-refractivity contribution is -0.384. The number of carbonyl (C=O) groups excluding carboxylic acids is 1. The van der Waals surface area contributed by atoms with Crippen molar-refractivity contribution in [1.29, 1.82) is 0 Å². The number of nitrogens with one attached hydrogen (secondary N) is 2. The van der Waals surface area contributed by atoms with Gasteiger partial charge in [-0.2, -0.15) is 0 Å². The monoisotopic (exact) mass is 268 g/mol. The van der Waals surface area contributed by atoms with Crippen LogP contribution < -0.4 is 16.4 Å². The Morgan fingerprint density at radius 2 is 2.16 bits per heavy atom. The van der Waals surface area contributed by atoms with Gasteiger partial charge in [0.25, 0.3) is 11.6 Å². The maximum absolute atomic E-state index is 11.8. The van der Waals surface area contributed by atoms with Crippen LogP contribution in [0.3, 0.4) is 0 Å². The highest BCUT2D eigenvalue weighted by Gasteiger charge is 2.16. The van der Waals surface area contributed by atoms with Gasteiger partial charge in [-0.1, -0.05) is 0 Å². The Balaban J connectivity index is 2.52. The van der Waals surface area contributed by atoms with Gasteiger partial charge in [-0.25, -0.2) is 0 Å². The number of aliphatic imine (C=N–C) groups is 1. The minimum atomic E-state index is -0.545. The van der Waals surface area contributed by atoms with Gasteiger partial charge in [-0.3, -0.25) is 19.9 Å². The van der Waals surface area contributed by atoms with Crippen molar-refractivity contribution in [1.82, 2.24) is 15.2 Å². The second-order valence-electron chi connectivity index (χ2n) is 3.74. The largest absolute Gasteiger partial charge is 0.370 e. The molecule has 0 aliphatic heterocycles. The fourth-order valence-corrected chi connectivity index (χ4v) is 1.41. The van der Waals surface area contributed by atoms with Crippen molar-refractivity contribution in [2.75, 3.05) is 20.1 Å². The number of nitrogens with zero attached hydrogens (tertiary/aromatic N) is 3. The molecule has 19 heavy (non-hydrogen) atoms. The van der Waals surface area contributed by atoms with Gasteiger partial charge < -0.3 is 20.9 Å². The molecule has 0 fully saturated rings. The van der Waals surface area contributed by atoms with E-state index in [2.05, 4.69) is 15.6 Å². The van der Waals surface area contributed by atoms with E-state index in [1.54, 1.807) is 14.1 Å². The molecule has 0 aliphatic rings. The number of amides is 1. The molecule has 9 nitrogen and oxygen atoms in total. The Labute approximate surface area is 109 Å². The van der Waals surface area contributed by atoms with Crippen LogP contribution in [0.2, 0.25) is 0 Å². The Hall–Kier alpha value is -2.58. The summed E-state index contributed by atoms with van der Waals surface area (Å²) in [5.74, 6) is -0.104. The number of hydrogen-bond donors (Lipinski definition) is 3. The molecule has 0 aromatic carbocycles. The van der Waals surface area contributed by atoms with E-state index in [-0.39, 0.29) is 23.2 Å². The topological polar surface area (TPSA) is 128 Å². The third kappa shape index (κ3) is 3.98. The van der Waals surface area contributed by atoms with Crippen LogP contribution in [-0.4, -0.2) is 41.5 Å². The molecule has 0 saturated carbocycles. The first-order chi connectivity index (χ1) is 8.95. The lowest BCUT2D eigenvalue weighted by Gasteiger charge is -2.07. The number of guanidine groups is 1. The molecule has 0 spiro atoms. The smallest absolute Gasteiger partial charge is 0.287 e. The van der Waals surface area contributed by atoms with E-state index < -0.39 is 4.92 Å². The van der Waals surface area contributed by atoms with E-state index in [9.17, 15) is 14.9 Å². The predicted molar refractivity (Wildman–Crippen MR) is 69.9 cm³/mol. The first-order valence-electron chi connectivity index (χ1n) is 5.50. The van der Waals surface area contributed by atoms with Crippen molar-refractivity contribution in [2.45, 2.75) is 0 Å². The predicted octanol–water partition coefficient (Wildman–Crippen LogP) is -0.803. The second-order valence-corrected chi connectivity index (χ2v) is 3.74. The van der Waals surface area contributed by atoms with Gasteiger partial charge in [0.2, 0.25) is 0 Å². The minimum absolute atomic E-state index is 0.117. The van der Waals surface area contributed by atoms with Gasteiger partial charge in [0.05, 0.1) is 11.1 Å². The average molecular weight is 268 g/mol. The van der Waals surface area contributed by atoms with Crippen LogP contribution in [-0.2, 0) is 7.05 Å². The molecule has 0 aliphatic carbocycles. The summed E-state index contributed by atoms with van der Waals surface area (Å²) < 4.78 is 1.41. The SMILES string of the molecule is CN=C(N)NCCNC(=O)c1cc([N+](=O)[O-])cn1C. The van der Waals surface area contributed by atoms with Crippen LogP contribution in [0.4, 0.5) is 5.69 Å². The third-order valence-electron chi connectivity index (χ3n) is 2.39. The molecule has 1 heterocycles. The molecule has 9 heteroatoms. The van der Waals surface area contributed by atoms with Crippen LogP contribution in [0.1, 0.15) is 10.5 Å². The summed E-state index contributed by atoms with van der Waals surface area (Å²) in [5.41, 5.74) is 5.52. The van der Waals surface area contributed by atoms with Crippen LogP contribution in [0.5, 0.6) is 0 Å². The van der Waals surface area contributed by atoms with Gasteiger partial charge >= 0.3 is 0 Å². The zero-order valence-corrected chi connectivity index (χ0v) is 10.7. The van der Waals surface area contributed by atoms with Gasteiger partial charge in [0, 0.05) is 33.3 Å². The molecule has 0 atom stereocenters. The minimum Gasteiger partial charge on any atom is -0.370 e. The van der Waals surface area contributed by atoms with E-state index in [0.29, 0.717) is 13.1 Å². The summed E-state index contributed by atoms with van der Waals surface area (Å²) in [4.78, 5) is 25.5. The standard InChI is InChI=1S/C10H16N6O3/c1-12-10(11)14-4-3-13-9(17)8-5-7(16(18)19)6-15(8)2/h5-6H,3-4H2,1-2H3,(H,13,17)(H3,11,12,14). The van der Waals surface area contributed by atoms with E-state index in [1.807, 2.05) is 0 Å². The molecule has 1 aromatic heterocycles. The Morgan fingerprint density at radius 1 is 1.53 bits per heavy atom. The maximum Gasteiger partial charge on any atom is 0.287 e. The van der Waals surface area contributed by atoms with Crippen LogP contribution in [0, 0.1) is 10.1 Å². The average Bonchev–Trinajstić information content (AvgIpc) is 2.76. The quantitative estimate of drug-likeness (QED) is 0.212. The van der Waals surface area contributed by atoms with Gasteiger partial charge in [-0.05, 0) is 0 Å². The van der Waals surface area contributed by atoms with Crippen molar-refractivity contribution in [3.8, 4) is 0 Å². The van der Waals surface area contributed by atoms with E-state index >= 15 is 0 Å². The molecule has 0 unspecified atom stereocenters. The fourth-order valence-electron chi connectivity index (χ4n) is 1.41. The number of carbonyl (C=O) groups is 1. The maximum atomic E-state index is 11.8. The third-order valence-corrected chi connectivity index (χ3v) is 2.39. The Morgan fingerprint density at radius 3 is 2.68 bits per heavy atom. The Bertz CT molecular complexity index is 507. The lowest BCUT2D eigenvalue weighted by atomic mass is 10.4. The number of nitro groups is 1. The summed E-state index contributed by atoms with van der Waals surface area (Å²) in [6, 6.07) is 1.23. The second kappa shape index (κ2) is 6.38. The van der Waals surface area contributed by atoms with Crippen molar-refractivity contribution in [2.24, 2.45) is 17.8 Å². The van der Waals surface area contributed by atoms with Crippen LogP contribution >= 0.6 is 0 Å². The summed E-state index contributed by atoms with van der Waals surface area (Å²) in [6.07, 6.45) is 1.29. The molecular formula is C10H16N6O3. The highest BCUT2D eigenvalue weighted by atomic mass is 16.6. The Kier molecular flexibility index (Phi) is 4.86. The van der Waals surface area contributed by atoms with Crippen molar-refractivity contribution < 1.29 is 9.72 Å². The first kappa shape index (κ1) is 14.5. The van der Waals surface area contributed by atoms with Gasteiger partial charge in [0.1, 0.15) is 5.69 Å². The van der Waals surface area contributed by atoms with Crippen molar-refractivity contribution in [3.05, 3.63) is 28.1 Å². The fraction of sp³-hybridized carbons (Fsp3) is 0.400. The molecule has 1 aromatic rings. The van der Waals surface area contributed by atoms with Crippen LogP contribution in [0.25, 0.3) is 0 Å². The zero-order chi connectivity index (χ0) is 14.4. The molecule has 1 amide bonds. The highest BCUT2D eigenvalue weighted by Crippen LogP contribution is 2.14. The van der Waals surface area contributed by atoms with Gasteiger partial charge in [0.15, 0.2) is 5.96 Å². The molecule has 0 saturated heterocycles. The summed E-state index contributed by atoms with van der Waals surface area (Å²) >= 11 is 0. The van der Waals surface area contributed by atoms with Crippen molar-refractivity contribution in [3.63, 3.8) is 0 Å². The van der Waals surface area contributed by atoms with E-state index in [1.165, 1.54) is 16.8 Å².